The molecule has 1 unspecified atom stereocenters. The molecule has 0 aromatic heterocycles. The summed E-state index contributed by atoms with van der Waals surface area (Å²) in [5, 5.41) is 21.7. The van der Waals surface area contributed by atoms with Crippen LogP contribution in [-0.2, 0) is 0 Å². The van der Waals surface area contributed by atoms with Gasteiger partial charge < -0.3 is 10.2 Å². The van der Waals surface area contributed by atoms with Crippen molar-refractivity contribution in [1.29, 1.82) is 0 Å². The minimum Gasteiger partial charge on any atom is -0.382 e. The Bertz CT molecular complexity index is 726. The lowest BCUT2D eigenvalue weighted by Crippen LogP contribution is -2.55. The number of aliphatic hydroxyl groups is 2. The number of fused-ring (bicyclic) bond motifs is 5. The van der Waals surface area contributed by atoms with Crippen LogP contribution in [0.5, 0.6) is 0 Å². The predicted molar refractivity (Wildman–Crippen MR) is 96.2 cm³/mol. The number of rotatable bonds is 1. The normalized spacial score (nSPS) is 53.9. The first-order valence-electron chi connectivity index (χ1n) is 10.1. The average molecular weight is 382 g/mol. The van der Waals surface area contributed by atoms with Gasteiger partial charge >= 0.3 is 6.08 Å². The van der Waals surface area contributed by atoms with Gasteiger partial charge in [0.15, 0.2) is 5.83 Å². The fourth-order valence-electron chi connectivity index (χ4n) is 7.90. The van der Waals surface area contributed by atoms with Gasteiger partial charge in [0, 0.05) is 5.41 Å². The predicted octanol–water partition coefficient (Wildman–Crippen LogP) is 4.81. The molecule has 8 atom stereocenters. The first kappa shape index (κ1) is 19.3. The van der Waals surface area contributed by atoms with E-state index in [1.165, 1.54) is 0 Å². The van der Waals surface area contributed by atoms with Crippen molar-refractivity contribution >= 4 is 0 Å². The molecule has 0 aliphatic heterocycles. The minimum absolute atomic E-state index is 0.0173. The maximum atomic E-state index is 14.3. The molecule has 2 nitrogen and oxygen atoms in total. The third-order valence-corrected chi connectivity index (χ3v) is 9.27. The highest BCUT2D eigenvalue weighted by Crippen LogP contribution is 2.70. The van der Waals surface area contributed by atoms with E-state index in [0.717, 1.165) is 19.3 Å². The lowest BCUT2D eigenvalue weighted by atomic mass is 9.47. The van der Waals surface area contributed by atoms with Crippen LogP contribution in [-0.4, -0.2) is 21.4 Å². The van der Waals surface area contributed by atoms with Gasteiger partial charge in [-0.2, -0.15) is 8.78 Å². The van der Waals surface area contributed by atoms with Gasteiger partial charge in [0.05, 0.1) is 0 Å². The monoisotopic (exact) mass is 382 g/mol. The van der Waals surface area contributed by atoms with Crippen molar-refractivity contribution in [2.75, 3.05) is 0 Å². The maximum absolute atomic E-state index is 14.3. The van der Waals surface area contributed by atoms with E-state index >= 15 is 0 Å². The van der Waals surface area contributed by atoms with Crippen LogP contribution in [0.2, 0.25) is 0 Å². The number of halogens is 3. The molecule has 0 aromatic rings. The molecule has 0 spiro atoms. The van der Waals surface area contributed by atoms with Gasteiger partial charge in [-0.05, 0) is 80.5 Å². The third kappa shape index (κ3) is 2.35. The topological polar surface area (TPSA) is 40.5 Å². The molecule has 0 aromatic carbocycles. The second-order valence-electron chi connectivity index (χ2n) is 10.1. The second kappa shape index (κ2) is 5.76. The first-order valence-corrected chi connectivity index (χ1v) is 10.1. The Morgan fingerprint density at radius 1 is 1.00 bits per heavy atom. The van der Waals surface area contributed by atoms with E-state index in [1.54, 1.807) is 6.92 Å². The van der Waals surface area contributed by atoms with Gasteiger partial charge in [-0.3, -0.25) is 0 Å². The van der Waals surface area contributed by atoms with Crippen LogP contribution < -0.4 is 0 Å². The van der Waals surface area contributed by atoms with E-state index in [0.29, 0.717) is 37.5 Å². The highest BCUT2D eigenvalue weighted by Gasteiger charge is 2.68. The molecule has 0 amide bonds. The fraction of sp³-hybridized carbons (Fsp3) is 0.818. The SMILES string of the molecule is C#C[C@@]1(O)CC2CC[C@@H]3[C@H](CC[C@@]4(C)[C@H]3CC[C@@]4(O)C(F)=C(F)F)[C@@]2(C)C1. The van der Waals surface area contributed by atoms with Crippen LogP contribution in [0.1, 0.15) is 65.2 Å². The summed E-state index contributed by atoms with van der Waals surface area (Å²) in [5.74, 6) is 1.93. The molecule has 2 N–H and O–H groups in total. The molecule has 27 heavy (non-hydrogen) atoms. The number of hydrogen-bond acceptors (Lipinski definition) is 2. The first-order chi connectivity index (χ1) is 12.5. The van der Waals surface area contributed by atoms with E-state index in [4.69, 9.17) is 6.42 Å². The summed E-state index contributed by atoms with van der Waals surface area (Å²) in [7, 11) is 0. The summed E-state index contributed by atoms with van der Waals surface area (Å²) in [6.07, 6.45) is 8.18. The molecule has 4 aliphatic rings. The maximum Gasteiger partial charge on any atom is 0.304 e. The quantitative estimate of drug-likeness (QED) is 0.639. The van der Waals surface area contributed by atoms with E-state index < -0.39 is 28.5 Å². The van der Waals surface area contributed by atoms with Crippen molar-refractivity contribution in [2.45, 2.75) is 76.4 Å². The van der Waals surface area contributed by atoms with Crippen molar-refractivity contribution in [1.82, 2.24) is 0 Å². The zero-order valence-electron chi connectivity index (χ0n) is 16.1. The Morgan fingerprint density at radius 2 is 1.67 bits per heavy atom. The largest absolute Gasteiger partial charge is 0.382 e. The van der Waals surface area contributed by atoms with Crippen molar-refractivity contribution in [3.05, 3.63) is 11.9 Å². The molecule has 0 bridgehead atoms. The molecule has 4 saturated carbocycles. The molecule has 0 radical (unpaired) electrons. The molecule has 4 fully saturated rings. The summed E-state index contributed by atoms with van der Waals surface area (Å²) >= 11 is 0. The highest BCUT2D eigenvalue weighted by atomic mass is 19.3. The summed E-state index contributed by atoms with van der Waals surface area (Å²) in [6.45, 7) is 4.01. The van der Waals surface area contributed by atoms with Gasteiger partial charge in [0.25, 0.3) is 0 Å². The van der Waals surface area contributed by atoms with E-state index in [-0.39, 0.29) is 23.7 Å². The second-order valence-corrected chi connectivity index (χ2v) is 10.1. The Morgan fingerprint density at radius 3 is 2.30 bits per heavy atom. The number of hydrogen-bond donors (Lipinski definition) is 2. The van der Waals surface area contributed by atoms with Gasteiger partial charge in [-0.1, -0.05) is 19.8 Å². The van der Waals surface area contributed by atoms with E-state index in [1.807, 2.05) is 0 Å². The molecule has 5 heteroatoms. The van der Waals surface area contributed by atoms with Crippen LogP contribution in [0, 0.1) is 46.8 Å². The Balaban J connectivity index is 1.68. The van der Waals surface area contributed by atoms with Crippen molar-refractivity contribution in [2.24, 2.45) is 34.5 Å². The summed E-state index contributed by atoms with van der Waals surface area (Å²) in [5.41, 5.74) is -4.07. The Labute approximate surface area is 159 Å². The van der Waals surface area contributed by atoms with Crippen molar-refractivity contribution in [3.8, 4) is 12.3 Å². The third-order valence-electron chi connectivity index (χ3n) is 9.27. The van der Waals surface area contributed by atoms with Crippen LogP contribution in [0.25, 0.3) is 0 Å². The van der Waals surface area contributed by atoms with Gasteiger partial charge in [0.2, 0.25) is 0 Å². The standard InChI is InChI=1S/C22H29F3O2/c1-4-21(26)11-13-5-6-14-15(19(13,2)12-21)7-9-20(3)16(14)8-10-22(20,27)17(23)18(24)25/h1,13-16,26-27H,5-12H2,2-3H3/t13?,14-,15+,16+,19+,20+,21-,22-/m1/s1. The van der Waals surface area contributed by atoms with Crippen LogP contribution in [0.3, 0.4) is 0 Å². The number of terminal acetylenes is 1. The van der Waals surface area contributed by atoms with Gasteiger partial charge in [0.1, 0.15) is 11.2 Å². The Hall–Kier alpha value is -0.990. The van der Waals surface area contributed by atoms with Gasteiger partial charge in [-0.25, -0.2) is 4.39 Å². The molecule has 150 valence electrons. The summed E-state index contributed by atoms with van der Waals surface area (Å²) in [6, 6.07) is 0. The zero-order valence-corrected chi connectivity index (χ0v) is 16.1. The van der Waals surface area contributed by atoms with Crippen LogP contribution in [0.4, 0.5) is 13.2 Å². The molecule has 4 rings (SSSR count). The zero-order chi connectivity index (χ0) is 19.8. The van der Waals surface area contributed by atoms with Crippen molar-refractivity contribution < 1.29 is 23.4 Å². The average Bonchev–Trinajstić information content (AvgIpc) is 3.05. The fourth-order valence-corrected chi connectivity index (χ4v) is 7.90. The smallest absolute Gasteiger partial charge is 0.304 e. The molecular formula is C22H29F3O2. The molecular weight excluding hydrogens is 353 g/mol. The molecule has 0 heterocycles. The van der Waals surface area contributed by atoms with Crippen LogP contribution >= 0.6 is 0 Å². The van der Waals surface area contributed by atoms with Crippen LogP contribution in [0.15, 0.2) is 11.9 Å². The highest BCUT2D eigenvalue weighted by molar-refractivity contribution is 5.25. The molecule has 0 saturated heterocycles. The lowest BCUT2D eigenvalue weighted by Gasteiger charge is -2.58. The Kier molecular flexibility index (Phi) is 4.13. The van der Waals surface area contributed by atoms with Crippen molar-refractivity contribution in [3.63, 3.8) is 0 Å². The van der Waals surface area contributed by atoms with Gasteiger partial charge in [-0.15, -0.1) is 6.42 Å². The lowest BCUT2D eigenvalue weighted by molar-refractivity contribution is -0.134. The summed E-state index contributed by atoms with van der Waals surface area (Å²) in [4.78, 5) is 0. The van der Waals surface area contributed by atoms with E-state index in [2.05, 4.69) is 12.8 Å². The summed E-state index contributed by atoms with van der Waals surface area (Å²) < 4.78 is 40.4. The van der Waals surface area contributed by atoms with E-state index in [9.17, 15) is 23.4 Å². The molecule has 4 aliphatic carbocycles. The minimum atomic E-state index is -2.40.